The van der Waals surface area contributed by atoms with Crippen molar-refractivity contribution in [2.75, 3.05) is 5.32 Å². The predicted molar refractivity (Wildman–Crippen MR) is 75.1 cm³/mol. The summed E-state index contributed by atoms with van der Waals surface area (Å²) in [6.45, 7) is 0. The SMILES string of the molecule is O=C(O)C1CCCC(Nc2cc([N+](=O)[O-])ccc2Cl)C1. The number of carbonyl (C=O) groups is 1. The monoisotopic (exact) mass is 298 g/mol. The molecule has 2 unspecified atom stereocenters. The molecule has 1 fully saturated rings. The summed E-state index contributed by atoms with van der Waals surface area (Å²) < 4.78 is 0. The van der Waals surface area contributed by atoms with Gasteiger partial charge in [-0.25, -0.2) is 0 Å². The summed E-state index contributed by atoms with van der Waals surface area (Å²) >= 11 is 6.02. The first-order chi connectivity index (χ1) is 9.47. The molecule has 6 nitrogen and oxygen atoms in total. The van der Waals surface area contributed by atoms with E-state index >= 15 is 0 Å². The average molecular weight is 299 g/mol. The van der Waals surface area contributed by atoms with E-state index in [2.05, 4.69) is 5.32 Å². The molecule has 108 valence electrons. The van der Waals surface area contributed by atoms with Crippen LogP contribution in [0.5, 0.6) is 0 Å². The maximum Gasteiger partial charge on any atom is 0.306 e. The van der Waals surface area contributed by atoms with Crippen molar-refractivity contribution in [3.8, 4) is 0 Å². The fourth-order valence-corrected chi connectivity index (χ4v) is 2.67. The van der Waals surface area contributed by atoms with E-state index in [1.807, 2.05) is 0 Å². The summed E-state index contributed by atoms with van der Waals surface area (Å²) in [6.07, 6.45) is 2.84. The Labute approximate surface area is 120 Å². The van der Waals surface area contributed by atoms with E-state index < -0.39 is 10.9 Å². The molecule has 2 atom stereocenters. The molecule has 1 aromatic carbocycles. The van der Waals surface area contributed by atoms with E-state index in [0.717, 1.165) is 12.8 Å². The number of halogens is 1. The first-order valence-corrected chi connectivity index (χ1v) is 6.78. The number of nitrogens with zero attached hydrogens (tertiary/aromatic N) is 1. The Morgan fingerprint density at radius 2 is 2.20 bits per heavy atom. The minimum Gasteiger partial charge on any atom is -0.481 e. The van der Waals surface area contributed by atoms with Crippen molar-refractivity contribution in [2.45, 2.75) is 31.7 Å². The van der Waals surface area contributed by atoms with Gasteiger partial charge in [-0.15, -0.1) is 0 Å². The lowest BCUT2D eigenvalue weighted by Gasteiger charge is -2.28. The highest BCUT2D eigenvalue weighted by atomic mass is 35.5. The highest BCUT2D eigenvalue weighted by Gasteiger charge is 2.27. The van der Waals surface area contributed by atoms with Crippen LogP contribution in [0.3, 0.4) is 0 Å². The molecular weight excluding hydrogens is 284 g/mol. The van der Waals surface area contributed by atoms with E-state index in [0.29, 0.717) is 23.6 Å². The van der Waals surface area contributed by atoms with Crippen molar-refractivity contribution in [2.24, 2.45) is 5.92 Å². The minimum atomic E-state index is -0.790. The van der Waals surface area contributed by atoms with Gasteiger partial charge in [0.05, 0.1) is 21.6 Å². The second kappa shape index (κ2) is 6.09. The molecule has 0 bridgehead atoms. The van der Waals surface area contributed by atoms with Crippen LogP contribution < -0.4 is 5.32 Å². The van der Waals surface area contributed by atoms with Gasteiger partial charge in [0, 0.05) is 18.2 Å². The van der Waals surface area contributed by atoms with Crippen molar-refractivity contribution < 1.29 is 14.8 Å². The van der Waals surface area contributed by atoms with Crippen LogP contribution in [-0.2, 0) is 4.79 Å². The molecule has 0 radical (unpaired) electrons. The van der Waals surface area contributed by atoms with Crippen molar-refractivity contribution in [3.63, 3.8) is 0 Å². The quantitative estimate of drug-likeness (QED) is 0.657. The third-order valence-corrected chi connectivity index (χ3v) is 3.87. The standard InChI is InChI=1S/C13H15ClN2O4/c14-11-5-4-10(16(19)20)7-12(11)15-9-3-1-2-8(6-9)13(17)18/h4-5,7-9,15H,1-3,6H2,(H,17,18). The number of aliphatic carboxylic acids is 1. The van der Waals surface area contributed by atoms with E-state index in [1.165, 1.54) is 18.2 Å². The van der Waals surface area contributed by atoms with Gasteiger partial charge in [-0.05, 0) is 25.3 Å². The van der Waals surface area contributed by atoms with E-state index in [-0.39, 0.29) is 17.6 Å². The second-order valence-corrected chi connectivity index (χ2v) is 5.37. The third kappa shape index (κ3) is 3.39. The normalized spacial score (nSPS) is 22.2. The van der Waals surface area contributed by atoms with Gasteiger partial charge in [-0.2, -0.15) is 0 Å². The van der Waals surface area contributed by atoms with Gasteiger partial charge < -0.3 is 10.4 Å². The Kier molecular flexibility index (Phi) is 4.44. The molecule has 0 aromatic heterocycles. The average Bonchev–Trinajstić information content (AvgIpc) is 2.41. The van der Waals surface area contributed by atoms with E-state index in [4.69, 9.17) is 16.7 Å². The van der Waals surface area contributed by atoms with Crippen molar-refractivity contribution in [3.05, 3.63) is 33.3 Å². The Hall–Kier alpha value is -1.82. The number of non-ortho nitro benzene ring substituents is 1. The number of hydrogen-bond acceptors (Lipinski definition) is 4. The molecule has 1 saturated carbocycles. The zero-order valence-electron chi connectivity index (χ0n) is 10.7. The number of carboxylic acid groups (broad SMARTS) is 1. The van der Waals surface area contributed by atoms with E-state index in [9.17, 15) is 14.9 Å². The second-order valence-electron chi connectivity index (χ2n) is 4.96. The van der Waals surface area contributed by atoms with Gasteiger partial charge in [0.1, 0.15) is 0 Å². The van der Waals surface area contributed by atoms with Gasteiger partial charge in [-0.3, -0.25) is 14.9 Å². The first kappa shape index (κ1) is 14.6. The third-order valence-electron chi connectivity index (χ3n) is 3.54. The van der Waals surface area contributed by atoms with Gasteiger partial charge in [0.2, 0.25) is 0 Å². The fraction of sp³-hybridized carbons (Fsp3) is 0.462. The Bertz CT molecular complexity index is 535. The Balaban J connectivity index is 2.11. The van der Waals surface area contributed by atoms with Gasteiger partial charge >= 0.3 is 5.97 Å². The van der Waals surface area contributed by atoms with Crippen LogP contribution in [0.4, 0.5) is 11.4 Å². The lowest BCUT2D eigenvalue weighted by molar-refractivity contribution is -0.384. The highest BCUT2D eigenvalue weighted by molar-refractivity contribution is 6.33. The maximum absolute atomic E-state index is 11.0. The molecule has 1 aliphatic rings. The number of nitro benzene ring substituents is 1. The van der Waals surface area contributed by atoms with Gasteiger partial charge in [-0.1, -0.05) is 18.0 Å². The van der Waals surface area contributed by atoms with Crippen molar-refractivity contribution in [1.82, 2.24) is 0 Å². The van der Waals surface area contributed by atoms with Crippen LogP contribution in [0, 0.1) is 16.0 Å². The summed E-state index contributed by atoms with van der Waals surface area (Å²) in [5.74, 6) is -1.15. The number of hydrogen-bond donors (Lipinski definition) is 2. The van der Waals surface area contributed by atoms with Crippen LogP contribution in [0.1, 0.15) is 25.7 Å². The van der Waals surface area contributed by atoms with Crippen LogP contribution in [0.15, 0.2) is 18.2 Å². The van der Waals surface area contributed by atoms with Crippen molar-refractivity contribution >= 4 is 28.9 Å². The van der Waals surface area contributed by atoms with E-state index in [1.54, 1.807) is 0 Å². The van der Waals surface area contributed by atoms with Crippen LogP contribution in [0.25, 0.3) is 0 Å². The smallest absolute Gasteiger partial charge is 0.306 e. The highest BCUT2D eigenvalue weighted by Crippen LogP contribution is 2.31. The molecule has 1 aliphatic carbocycles. The lowest BCUT2D eigenvalue weighted by Crippen LogP contribution is -2.31. The Morgan fingerprint density at radius 3 is 2.85 bits per heavy atom. The number of anilines is 1. The molecule has 2 N–H and O–H groups in total. The summed E-state index contributed by atoms with van der Waals surface area (Å²) in [6, 6.07) is 4.17. The van der Waals surface area contributed by atoms with Crippen molar-refractivity contribution in [1.29, 1.82) is 0 Å². The van der Waals surface area contributed by atoms with Gasteiger partial charge in [0.15, 0.2) is 0 Å². The molecule has 20 heavy (non-hydrogen) atoms. The number of nitrogens with one attached hydrogen (secondary N) is 1. The topological polar surface area (TPSA) is 92.5 Å². The van der Waals surface area contributed by atoms with Crippen LogP contribution in [-0.4, -0.2) is 22.0 Å². The summed E-state index contributed by atoms with van der Waals surface area (Å²) in [5, 5.41) is 23.3. The lowest BCUT2D eigenvalue weighted by atomic mass is 9.85. The maximum atomic E-state index is 11.0. The first-order valence-electron chi connectivity index (χ1n) is 6.40. The summed E-state index contributed by atoms with van der Waals surface area (Å²) in [4.78, 5) is 21.3. The zero-order valence-corrected chi connectivity index (χ0v) is 11.5. The summed E-state index contributed by atoms with van der Waals surface area (Å²) in [5.41, 5.74) is 0.444. The zero-order chi connectivity index (χ0) is 14.7. The number of carboxylic acids is 1. The predicted octanol–water partition coefficient (Wildman–Crippen LogP) is 3.30. The Morgan fingerprint density at radius 1 is 1.45 bits per heavy atom. The molecule has 0 heterocycles. The summed E-state index contributed by atoms with van der Waals surface area (Å²) in [7, 11) is 0. The molecular formula is C13H15ClN2O4. The molecule has 7 heteroatoms. The van der Waals surface area contributed by atoms with Gasteiger partial charge in [0.25, 0.3) is 5.69 Å². The molecule has 0 spiro atoms. The molecule has 2 rings (SSSR count). The number of benzene rings is 1. The molecule has 0 amide bonds. The largest absolute Gasteiger partial charge is 0.481 e. The number of nitro groups is 1. The van der Waals surface area contributed by atoms with Crippen LogP contribution >= 0.6 is 11.6 Å². The van der Waals surface area contributed by atoms with Crippen LogP contribution in [0.2, 0.25) is 5.02 Å². The fourth-order valence-electron chi connectivity index (χ4n) is 2.50. The minimum absolute atomic E-state index is 0.0237. The molecule has 1 aromatic rings. The molecule has 0 saturated heterocycles. The number of rotatable bonds is 4. The molecule has 0 aliphatic heterocycles.